The van der Waals surface area contributed by atoms with Gasteiger partial charge in [0.05, 0.1) is 21.5 Å². The number of non-ortho nitro benzene ring substituents is 1. The molecular formula is C12H13N3O5. The third-order valence-corrected chi connectivity index (χ3v) is 3.40. The summed E-state index contributed by atoms with van der Waals surface area (Å²) in [6, 6.07) is 2.00. The van der Waals surface area contributed by atoms with Gasteiger partial charge >= 0.3 is 0 Å². The summed E-state index contributed by atoms with van der Waals surface area (Å²) >= 11 is 0. The van der Waals surface area contributed by atoms with Crippen LogP contribution in [0.5, 0.6) is 0 Å². The first kappa shape index (κ1) is 13.9. The second kappa shape index (κ2) is 5.24. The van der Waals surface area contributed by atoms with Crippen LogP contribution in [0.1, 0.15) is 28.8 Å². The molecule has 0 N–H and O–H groups in total. The van der Waals surface area contributed by atoms with Crippen LogP contribution in [0, 0.1) is 27.2 Å². The van der Waals surface area contributed by atoms with E-state index in [0.717, 1.165) is 25.0 Å². The van der Waals surface area contributed by atoms with Gasteiger partial charge in [-0.2, -0.15) is 0 Å². The maximum atomic E-state index is 12.3. The van der Waals surface area contributed by atoms with Gasteiger partial charge in [0.1, 0.15) is 0 Å². The van der Waals surface area contributed by atoms with Gasteiger partial charge in [0.2, 0.25) is 0 Å². The van der Waals surface area contributed by atoms with E-state index in [1.54, 1.807) is 4.90 Å². The average molecular weight is 279 g/mol. The zero-order valence-electron chi connectivity index (χ0n) is 10.9. The summed E-state index contributed by atoms with van der Waals surface area (Å²) in [4.78, 5) is 34.2. The smallest absolute Gasteiger partial charge is 0.279 e. The van der Waals surface area contributed by atoms with E-state index >= 15 is 0 Å². The molecule has 0 saturated carbocycles. The highest BCUT2D eigenvalue weighted by Crippen LogP contribution is 2.29. The minimum absolute atomic E-state index is 0.0350. The fraction of sp³-hybridized carbons (Fsp3) is 0.417. The van der Waals surface area contributed by atoms with E-state index in [4.69, 9.17) is 0 Å². The number of rotatable bonds is 3. The summed E-state index contributed by atoms with van der Waals surface area (Å²) in [5, 5.41) is 21.8. The van der Waals surface area contributed by atoms with E-state index < -0.39 is 21.2 Å². The Morgan fingerprint density at radius 1 is 1.15 bits per heavy atom. The van der Waals surface area contributed by atoms with Crippen LogP contribution >= 0.6 is 0 Å². The van der Waals surface area contributed by atoms with Gasteiger partial charge in [-0.05, 0) is 19.8 Å². The molecule has 1 fully saturated rings. The van der Waals surface area contributed by atoms with Gasteiger partial charge in [-0.25, -0.2) is 0 Å². The molecule has 0 radical (unpaired) electrons. The second-order valence-electron chi connectivity index (χ2n) is 4.65. The van der Waals surface area contributed by atoms with Crippen LogP contribution in [-0.2, 0) is 0 Å². The third kappa shape index (κ3) is 2.44. The number of nitro benzene ring substituents is 2. The first-order chi connectivity index (χ1) is 9.41. The predicted molar refractivity (Wildman–Crippen MR) is 69.6 cm³/mol. The number of benzene rings is 1. The number of carbonyl (C=O) groups excluding carboxylic acids is 1. The SMILES string of the molecule is Cc1c(C(=O)N2CCCC2)cc([N+](=O)[O-])cc1[N+](=O)[O-]. The molecule has 1 saturated heterocycles. The third-order valence-electron chi connectivity index (χ3n) is 3.40. The van der Waals surface area contributed by atoms with Crippen LogP contribution in [0.15, 0.2) is 12.1 Å². The van der Waals surface area contributed by atoms with Crippen molar-refractivity contribution in [2.75, 3.05) is 13.1 Å². The fourth-order valence-corrected chi connectivity index (χ4v) is 2.29. The molecule has 1 aromatic carbocycles. The number of nitrogens with zero attached hydrogens (tertiary/aromatic N) is 3. The van der Waals surface area contributed by atoms with Gasteiger partial charge < -0.3 is 4.90 Å². The van der Waals surface area contributed by atoms with Crippen LogP contribution < -0.4 is 0 Å². The number of hydrogen-bond acceptors (Lipinski definition) is 5. The molecule has 1 amide bonds. The number of carbonyl (C=O) groups is 1. The van der Waals surface area contributed by atoms with E-state index in [1.165, 1.54) is 6.92 Å². The van der Waals surface area contributed by atoms with Crippen molar-refractivity contribution < 1.29 is 14.6 Å². The zero-order chi connectivity index (χ0) is 14.9. The van der Waals surface area contributed by atoms with Gasteiger partial charge in [0.25, 0.3) is 17.3 Å². The van der Waals surface area contributed by atoms with E-state index in [1.807, 2.05) is 0 Å². The normalized spacial score (nSPS) is 14.3. The number of nitro groups is 2. The minimum Gasteiger partial charge on any atom is -0.339 e. The quantitative estimate of drug-likeness (QED) is 0.621. The summed E-state index contributed by atoms with van der Waals surface area (Å²) in [6.45, 7) is 2.59. The molecule has 0 unspecified atom stereocenters. The molecular weight excluding hydrogens is 266 g/mol. The molecule has 0 spiro atoms. The standard InChI is InChI=1S/C12H13N3O5/c1-8-10(12(16)13-4-2-3-5-13)6-9(14(17)18)7-11(8)15(19)20/h6-7H,2-5H2,1H3. The molecule has 1 aromatic rings. The van der Waals surface area contributed by atoms with Crippen molar-refractivity contribution >= 4 is 17.3 Å². The molecule has 8 heteroatoms. The van der Waals surface area contributed by atoms with E-state index in [0.29, 0.717) is 13.1 Å². The van der Waals surface area contributed by atoms with Crippen molar-refractivity contribution in [2.24, 2.45) is 0 Å². The lowest BCUT2D eigenvalue weighted by atomic mass is 10.0. The molecule has 0 bridgehead atoms. The molecule has 0 atom stereocenters. The molecule has 1 heterocycles. The highest BCUT2D eigenvalue weighted by molar-refractivity contribution is 5.97. The Kier molecular flexibility index (Phi) is 3.64. The number of likely N-dealkylation sites (tertiary alicyclic amines) is 1. The minimum atomic E-state index is -0.729. The van der Waals surface area contributed by atoms with E-state index in [-0.39, 0.29) is 17.0 Å². The predicted octanol–water partition coefficient (Wildman–Crippen LogP) is 2.05. The summed E-state index contributed by atoms with van der Waals surface area (Å²) in [5.41, 5.74) is -0.642. The molecule has 0 aliphatic carbocycles. The van der Waals surface area contributed by atoms with Crippen molar-refractivity contribution in [2.45, 2.75) is 19.8 Å². The van der Waals surface area contributed by atoms with Crippen LogP contribution in [-0.4, -0.2) is 33.7 Å². The van der Waals surface area contributed by atoms with Crippen molar-refractivity contribution in [3.63, 3.8) is 0 Å². The first-order valence-electron chi connectivity index (χ1n) is 6.14. The van der Waals surface area contributed by atoms with Crippen molar-refractivity contribution in [3.8, 4) is 0 Å². The summed E-state index contributed by atoms with van der Waals surface area (Å²) < 4.78 is 0. The summed E-state index contributed by atoms with van der Waals surface area (Å²) in [7, 11) is 0. The molecule has 20 heavy (non-hydrogen) atoms. The maximum absolute atomic E-state index is 12.3. The largest absolute Gasteiger partial charge is 0.339 e. The number of amides is 1. The number of hydrogen-bond donors (Lipinski definition) is 0. The Bertz CT molecular complexity index is 593. The average Bonchev–Trinajstić information content (AvgIpc) is 2.91. The lowest BCUT2D eigenvalue weighted by molar-refractivity contribution is -0.394. The lowest BCUT2D eigenvalue weighted by Gasteiger charge is -2.16. The summed E-state index contributed by atoms with van der Waals surface area (Å²) in [5.74, 6) is -0.383. The summed E-state index contributed by atoms with van der Waals surface area (Å²) in [6.07, 6.45) is 1.75. The molecule has 1 aliphatic heterocycles. The topological polar surface area (TPSA) is 107 Å². The first-order valence-corrected chi connectivity index (χ1v) is 6.14. The second-order valence-corrected chi connectivity index (χ2v) is 4.65. The fourth-order valence-electron chi connectivity index (χ4n) is 2.29. The van der Waals surface area contributed by atoms with Gasteiger partial charge in [-0.15, -0.1) is 0 Å². The van der Waals surface area contributed by atoms with Crippen molar-refractivity contribution in [1.29, 1.82) is 0 Å². The highest BCUT2D eigenvalue weighted by Gasteiger charge is 2.28. The molecule has 8 nitrogen and oxygen atoms in total. The Hall–Kier alpha value is -2.51. The molecule has 1 aliphatic rings. The van der Waals surface area contributed by atoms with Crippen LogP contribution in [0.25, 0.3) is 0 Å². The Morgan fingerprint density at radius 2 is 1.75 bits per heavy atom. The van der Waals surface area contributed by atoms with E-state index in [2.05, 4.69) is 0 Å². The Morgan fingerprint density at radius 3 is 2.25 bits per heavy atom. The molecule has 0 aromatic heterocycles. The molecule has 2 rings (SSSR count). The maximum Gasteiger partial charge on any atom is 0.279 e. The highest BCUT2D eigenvalue weighted by atomic mass is 16.6. The van der Waals surface area contributed by atoms with Gasteiger partial charge in [-0.1, -0.05) is 0 Å². The van der Waals surface area contributed by atoms with Crippen molar-refractivity contribution in [1.82, 2.24) is 4.90 Å². The van der Waals surface area contributed by atoms with Crippen LogP contribution in [0.4, 0.5) is 11.4 Å². The van der Waals surface area contributed by atoms with Crippen LogP contribution in [0.2, 0.25) is 0 Å². The Labute approximate surface area is 114 Å². The van der Waals surface area contributed by atoms with Gasteiger partial charge in [0, 0.05) is 24.7 Å². The monoisotopic (exact) mass is 279 g/mol. The van der Waals surface area contributed by atoms with Crippen LogP contribution in [0.3, 0.4) is 0 Å². The van der Waals surface area contributed by atoms with Crippen molar-refractivity contribution in [3.05, 3.63) is 43.5 Å². The van der Waals surface area contributed by atoms with Gasteiger partial charge in [-0.3, -0.25) is 25.0 Å². The van der Waals surface area contributed by atoms with Gasteiger partial charge in [0.15, 0.2) is 0 Å². The Balaban J connectivity index is 2.52. The molecule has 106 valence electrons. The lowest BCUT2D eigenvalue weighted by Crippen LogP contribution is -2.28. The van der Waals surface area contributed by atoms with E-state index in [9.17, 15) is 25.0 Å². The zero-order valence-corrected chi connectivity index (χ0v) is 10.9.